The number of carboxylic acids is 1. The number of nitrogens with zero attached hydrogens (tertiary/aromatic N) is 1. The summed E-state index contributed by atoms with van der Waals surface area (Å²) < 4.78 is 0. The summed E-state index contributed by atoms with van der Waals surface area (Å²) in [4.78, 5) is 22.6. The van der Waals surface area contributed by atoms with E-state index in [0.717, 1.165) is 19.3 Å². The topological polar surface area (TPSA) is 102 Å². The van der Waals surface area contributed by atoms with Crippen LogP contribution in [-0.4, -0.2) is 29.6 Å². The summed E-state index contributed by atoms with van der Waals surface area (Å²) in [5.74, 6) is -1.15. The zero-order valence-electron chi connectivity index (χ0n) is 17.2. The second-order valence-corrected chi connectivity index (χ2v) is 7.75. The summed E-state index contributed by atoms with van der Waals surface area (Å²) in [6.07, 6.45) is 17.5. The molecule has 1 amide bonds. The van der Waals surface area contributed by atoms with Gasteiger partial charge in [-0.15, -0.1) is 0 Å². The van der Waals surface area contributed by atoms with E-state index >= 15 is 0 Å². The fraction of sp³-hybridized carbons (Fsp3) is 0.773. The first-order chi connectivity index (χ1) is 13.6. The van der Waals surface area contributed by atoms with Crippen LogP contribution in [0.3, 0.4) is 0 Å². The van der Waals surface area contributed by atoms with Gasteiger partial charge in [0.1, 0.15) is 11.6 Å². The number of hydrogen-bond donors (Lipinski definition) is 3. The summed E-state index contributed by atoms with van der Waals surface area (Å²) in [6, 6.07) is 2.31. The van der Waals surface area contributed by atoms with Gasteiger partial charge in [-0.25, -0.2) is 0 Å². The molecule has 158 valence electrons. The second-order valence-electron chi connectivity index (χ2n) is 7.75. The van der Waals surface area contributed by atoms with Crippen LogP contribution in [-0.2, 0) is 9.59 Å². The van der Waals surface area contributed by atoms with Crippen molar-refractivity contribution in [3.63, 3.8) is 0 Å². The Kier molecular flexibility index (Phi) is 13.7. The number of carbonyl (C=O) groups excluding carboxylic acids is 1. The van der Waals surface area contributed by atoms with E-state index in [1.54, 1.807) is 6.20 Å². The molecule has 28 heavy (non-hydrogen) atoms. The van der Waals surface area contributed by atoms with Crippen LogP contribution < -0.4 is 10.6 Å². The molecule has 0 bridgehead atoms. The van der Waals surface area contributed by atoms with Crippen LogP contribution in [0, 0.1) is 11.3 Å². The lowest BCUT2D eigenvalue weighted by molar-refractivity contribution is -0.137. The molecule has 1 aliphatic rings. The first-order valence-electron chi connectivity index (χ1n) is 11.0. The van der Waals surface area contributed by atoms with E-state index in [2.05, 4.69) is 10.6 Å². The summed E-state index contributed by atoms with van der Waals surface area (Å²) >= 11 is 0. The Morgan fingerprint density at radius 1 is 0.929 bits per heavy atom. The third-order valence-corrected chi connectivity index (χ3v) is 5.29. The molecule has 6 heteroatoms. The second kappa shape index (κ2) is 16.0. The van der Waals surface area contributed by atoms with E-state index in [1.165, 1.54) is 57.8 Å². The van der Waals surface area contributed by atoms with Crippen molar-refractivity contribution in [3.05, 3.63) is 11.8 Å². The van der Waals surface area contributed by atoms with Gasteiger partial charge in [0.2, 0.25) is 0 Å². The van der Waals surface area contributed by atoms with Gasteiger partial charge in [0.05, 0.1) is 0 Å². The fourth-order valence-corrected chi connectivity index (χ4v) is 3.55. The van der Waals surface area contributed by atoms with Gasteiger partial charge in [-0.3, -0.25) is 9.59 Å². The van der Waals surface area contributed by atoms with Crippen molar-refractivity contribution in [3.8, 4) is 6.07 Å². The molecule has 0 aliphatic heterocycles. The number of nitrogens with one attached hydrogen (secondary N) is 2. The molecule has 0 unspecified atom stereocenters. The first-order valence-corrected chi connectivity index (χ1v) is 11.0. The van der Waals surface area contributed by atoms with Crippen LogP contribution in [0.4, 0.5) is 0 Å². The molecule has 0 saturated heterocycles. The Hall–Kier alpha value is -2.03. The third kappa shape index (κ3) is 12.4. The van der Waals surface area contributed by atoms with Crippen molar-refractivity contribution < 1.29 is 14.7 Å². The van der Waals surface area contributed by atoms with E-state index in [1.807, 2.05) is 6.07 Å². The van der Waals surface area contributed by atoms with Crippen LogP contribution in [0.2, 0.25) is 0 Å². The molecule has 1 fully saturated rings. The minimum atomic E-state index is -0.795. The van der Waals surface area contributed by atoms with Crippen LogP contribution in [0.15, 0.2) is 11.8 Å². The minimum absolute atomic E-state index is 0.108. The van der Waals surface area contributed by atoms with Crippen molar-refractivity contribution in [2.75, 3.05) is 6.54 Å². The largest absolute Gasteiger partial charge is 0.481 e. The molecule has 1 saturated carbocycles. The molecule has 0 heterocycles. The number of carboxylic acid groups (broad SMARTS) is 1. The molecule has 0 atom stereocenters. The zero-order valence-corrected chi connectivity index (χ0v) is 17.2. The average Bonchev–Trinajstić information content (AvgIpc) is 2.66. The molecular formula is C22H37N3O3. The van der Waals surface area contributed by atoms with E-state index in [4.69, 9.17) is 5.11 Å². The molecule has 3 N–H and O–H groups in total. The van der Waals surface area contributed by atoms with Gasteiger partial charge in [0.15, 0.2) is 0 Å². The van der Waals surface area contributed by atoms with Gasteiger partial charge in [-0.2, -0.15) is 5.26 Å². The van der Waals surface area contributed by atoms with E-state index in [-0.39, 0.29) is 17.9 Å². The van der Waals surface area contributed by atoms with Crippen molar-refractivity contribution in [1.82, 2.24) is 10.6 Å². The number of aliphatic carboxylic acids is 1. The normalized spacial score (nSPS) is 17.6. The number of hydrogen-bond acceptors (Lipinski definition) is 4. The number of amides is 1. The summed E-state index contributed by atoms with van der Waals surface area (Å²) in [5, 5.41) is 24.0. The van der Waals surface area contributed by atoms with E-state index in [0.29, 0.717) is 25.4 Å². The molecule has 1 aliphatic carbocycles. The summed E-state index contributed by atoms with van der Waals surface area (Å²) in [5.41, 5.74) is 0.108. The predicted molar refractivity (Wildman–Crippen MR) is 111 cm³/mol. The zero-order chi connectivity index (χ0) is 20.5. The highest BCUT2D eigenvalue weighted by Crippen LogP contribution is 2.17. The number of carbonyl (C=O) groups is 2. The van der Waals surface area contributed by atoms with E-state index in [9.17, 15) is 14.9 Å². The number of nitriles is 1. The van der Waals surface area contributed by atoms with Crippen LogP contribution in [0.1, 0.15) is 96.3 Å². The first kappa shape index (κ1) is 24.0. The van der Waals surface area contributed by atoms with Gasteiger partial charge in [0, 0.05) is 25.2 Å². The van der Waals surface area contributed by atoms with Crippen molar-refractivity contribution in [2.24, 2.45) is 0 Å². The maximum Gasteiger partial charge on any atom is 0.303 e. The van der Waals surface area contributed by atoms with Crippen molar-refractivity contribution in [1.29, 1.82) is 5.26 Å². The van der Waals surface area contributed by atoms with Gasteiger partial charge in [-0.1, -0.05) is 64.2 Å². The standard InChI is InChI=1S/C22H37N3O3/c23-17-19(22(28)24-16-12-8-11-15-21(26)27)18-25-20-13-9-6-4-2-1-3-5-7-10-14-20/h18,20,25H,1-16H2,(H,24,28)(H,26,27)/b19-18-. The molecule has 0 spiro atoms. The van der Waals surface area contributed by atoms with Crippen molar-refractivity contribution >= 4 is 11.9 Å². The Bertz CT molecular complexity index is 514. The predicted octanol–water partition coefficient (Wildman–Crippen LogP) is 4.42. The van der Waals surface area contributed by atoms with Gasteiger partial charge >= 0.3 is 5.97 Å². The Morgan fingerprint density at radius 3 is 2.04 bits per heavy atom. The number of rotatable bonds is 9. The van der Waals surface area contributed by atoms with Crippen molar-refractivity contribution in [2.45, 2.75) is 102 Å². The van der Waals surface area contributed by atoms with Crippen LogP contribution in [0.5, 0.6) is 0 Å². The molecule has 0 aromatic carbocycles. The highest BCUT2D eigenvalue weighted by Gasteiger charge is 2.11. The van der Waals surface area contributed by atoms with E-state index < -0.39 is 5.97 Å². The maximum atomic E-state index is 12.2. The maximum absolute atomic E-state index is 12.2. The highest BCUT2D eigenvalue weighted by molar-refractivity contribution is 5.97. The SMILES string of the molecule is N#C/C(=C/NC1CCCCCCCCCCC1)C(=O)NCCCCCC(=O)O. The minimum Gasteiger partial charge on any atom is -0.481 e. The van der Waals surface area contributed by atoms with Crippen LogP contribution in [0.25, 0.3) is 0 Å². The third-order valence-electron chi connectivity index (χ3n) is 5.29. The Morgan fingerprint density at radius 2 is 1.50 bits per heavy atom. The number of unbranched alkanes of at least 4 members (excludes halogenated alkanes) is 2. The lowest BCUT2D eigenvalue weighted by atomic mass is 9.98. The Labute approximate surface area is 169 Å². The lowest BCUT2D eigenvalue weighted by Gasteiger charge is -2.18. The smallest absolute Gasteiger partial charge is 0.303 e. The molecule has 0 radical (unpaired) electrons. The average molecular weight is 392 g/mol. The Balaban J connectivity index is 2.37. The quantitative estimate of drug-likeness (QED) is 0.307. The monoisotopic (exact) mass is 391 g/mol. The van der Waals surface area contributed by atoms with Gasteiger partial charge in [0.25, 0.3) is 5.91 Å². The highest BCUT2D eigenvalue weighted by atomic mass is 16.4. The molecule has 6 nitrogen and oxygen atoms in total. The molecule has 0 aromatic rings. The molecule has 1 rings (SSSR count). The molecule has 0 aromatic heterocycles. The van der Waals surface area contributed by atoms with Gasteiger partial charge < -0.3 is 15.7 Å². The van der Waals surface area contributed by atoms with Gasteiger partial charge in [-0.05, 0) is 25.7 Å². The lowest BCUT2D eigenvalue weighted by Crippen LogP contribution is -2.29. The summed E-state index contributed by atoms with van der Waals surface area (Å²) in [6.45, 7) is 0.459. The fourth-order valence-electron chi connectivity index (χ4n) is 3.55. The van der Waals surface area contributed by atoms with Crippen LogP contribution >= 0.6 is 0 Å². The summed E-state index contributed by atoms with van der Waals surface area (Å²) in [7, 11) is 0. The molecular weight excluding hydrogens is 354 g/mol.